The number of unbranched alkanes of at least 4 members (excludes halogenated alkanes) is 2. The number of carboxylic acids is 1. The second-order valence-corrected chi connectivity index (χ2v) is 11.3. The molecule has 3 N–H and O–H groups in total. The number of carboxylic acid groups (broad SMARTS) is 1. The van der Waals surface area contributed by atoms with Crippen molar-refractivity contribution in [3.63, 3.8) is 0 Å². The first-order chi connectivity index (χ1) is 22.0. The van der Waals surface area contributed by atoms with Gasteiger partial charge in [0.15, 0.2) is 0 Å². The van der Waals surface area contributed by atoms with Crippen molar-refractivity contribution in [2.45, 2.75) is 124 Å². The molecule has 1 radical (unpaired) electrons. The largest absolute Gasteiger partial charge is 0.497 e. The van der Waals surface area contributed by atoms with E-state index in [-0.39, 0.29) is 38.6 Å². The molecule has 0 bridgehead atoms. The molecule has 0 aliphatic heterocycles. The Balaban J connectivity index is 0.000000517. The maximum absolute atomic E-state index is 10.4. The van der Waals surface area contributed by atoms with Gasteiger partial charge in [0.2, 0.25) is 0 Å². The summed E-state index contributed by atoms with van der Waals surface area (Å²) in [5, 5.41) is 21.1. The summed E-state index contributed by atoms with van der Waals surface area (Å²) >= 11 is 0. The first kappa shape index (κ1) is 41.8. The van der Waals surface area contributed by atoms with E-state index in [0.29, 0.717) is 12.5 Å². The summed E-state index contributed by atoms with van der Waals surface area (Å²) in [6, 6.07) is 7.85. The summed E-state index contributed by atoms with van der Waals surface area (Å²) in [7, 11) is 3.34. The molecule has 2 fully saturated rings. The van der Waals surface area contributed by atoms with Crippen molar-refractivity contribution in [1.82, 2.24) is 15.2 Å². The Morgan fingerprint density at radius 2 is 1.67 bits per heavy atom. The van der Waals surface area contributed by atoms with E-state index >= 15 is 0 Å². The molecule has 2 aromatic heterocycles. The van der Waals surface area contributed by atoms with Crippen LogP contribution in [0.1, 0.15) is 128 Å². The fraction of sp³-hybridized carbons (Fsp3) is 0.595. The Morgan fingerprint density at radius 3 is 2.22 bits per heavy atom. The van der Waals surface area contributed by atoms with Crippen LogP contribution < -0.4 is 14.8 Å². The number of fused-ring (bicyclic) bond motifs is 1. The summed E-state index contributed by atoms with van der Waals surface area (Å²) in [5.74, 6) is 2.33. The monoisotopic (exact) mass is 711 g/mol. The third kappa shape index (κ3) is 13.9. The Morgan fingerprint density at radius 1 is 1.00 bits per heavy atom. The Labute approximate surface area is 303 Å². The number of aliphatic carboxylic acids is 1. The van der Waals surface area contributed by atoms with Gasteiger partial charge in [-0.2, -0.15) is 30.8 Å². The van der Waals surface area contributed by atoms with Crippen molar-refractivity contribution in [3.8, 4) is 11.5 Å². The molecule has 2 heterocycles. The first-order valence-corrected chi connectivity index (χ1v) is 17.2. The van der Waals surface area contributed by atoms with E-state index in [1.54, 1.807) is 14.2 Å². The van der Waals surface area contributed by atoms with Crippen molar-refractivity contribution < 1.29 is 52.1 Å². The Bertz CT molecular complexity index is 1220. The number of rotatable bonds is 9. The van der Waals surface area contributed by atoms with Gasteiger partial charge in [0.05, 0.1) is 31.0 Å². The van der Waals surface area contributed by atoms with Crippen LogP contribution in [0.3, 0.4) is 0 Å². The number of anilines is 1. The molecule has 2 saturated carbocycles. The average molecular weight is 712 g/mol. The van der Waals surface area contributed by atoms with Crippen LogP contribution in [0.15, 0.2) is 30.5 Å². The van der Waals surface area contributed by atoms with Gasteiger partial charge in [-0.25, -0.2) is 4.98 Å². The summed E-state index contributed by atoms with van der Waals surface area (Å²) in [4.78, 5) is 15.0. The third-order valence-electron chi connectivity index (χ3n) is 8.30. The normalized spacial score (nSPS) is 15.2. The predicted octanol–water partition coefficient (Wildman–Crippen LogP) is 9.91. The minimum absolute atomic E-state index is 0. The number of methoxy groups -OCH3 is 2. The van der Waals surface area contributed by atoms with Crippen LogP contribution in [-0.2, 0) is 44.0 Å². The molecule has 9 heteroatoms. The predicted molar refractivity (Wildman–Crippen MR) is 186 cm³/mol. The van der Waals surface area contributed by atoms with Crippen LogP contribution in [0.4, 0.5) is 5.82 Å². The number of nitrogens with zero attached hydrogens (tertiary/aromatic N) is 2. The summed E-state index contributed by atoms with van der Waals surface area (Å²) in [5.41, 5.74) is 3.24. The van der Waals surface area contributed by atoms with E-state index in [2.05, 4.69) is 47.2 Å². The number of pyridine rings is 1. The minimum atomic E-state index is -0.602. The topological polar surface area (TPSA) is 109 Å². The number of hydrogen-bond donors (Lipinski definition) is 3. The number of aromatic nitrogens is 3. The fourth-order valence-corrected chi connectivity index (χ4v) is 5.83. The van der Waals surface area contributed by atoms with Crippen LogP contribution in [-0.4, -0.2) is 40.5 Å². The second-order valence-electron chi connectivity index (χ2n) is 11.3. The van der Waals surface area contributed by atoms with Crippen molar-refractivity contribution in [2.75, 3.05) is 19.5 Å². The maximum atomic E-state index is 10.4. The summed E-state index contributed by atoms with van der Waals surface area (Å²) in [6.07, 6.45) is 21.4. The van der Waals surface area contributed by atoms with Crippen molar-refractivity contribution >= 4 is 22.7 Å². The number of nitrogens with one attached hydrogen (secondary N) is 2. The smallest absolute Gasteiger partial charge is 0.306 e. The van der Waals surface area contributed by atoms with Gasteiger partial charge in [0.25, 0.3) is 0 Å². The molecule has 2 aliphatic carbocycles. The molecule has 2 aliphatic rings. The van der Waals surface area contributed by atoms with E-state index in [9.17, 15) is 4.79 Å². The van der Waals surface area contributed by atoms with Gasteiger partial charge < -0.3 is 32.7 Å². The minimum Gasteiger partial charge on any atom is -0.497 e. The maximum Gasteiger partial charge on any atom is 0.306 e. The van der Waals surface area contributed by atoms with Gasteiger partial charge in [-0.3, -0.25) is 9.89 Å². The van der Waals surface area contributed by atoms with Crippen molar-refractivity contribution in [1.29, 1.82) is 0 Å². The van der Waals surface area contributed by atoms with Crippen LogP contribution in [0.2, 0.25) is 0 Å². The van der Waals surface area contributed by atoms with E-state index < -0.39 is 5.97 Å². The molecular weight excluding hydrogens is 653 g/mol. The number of carbonyl (C=O) groups is 1. The van der Waals surface area contributed by atoms with Gasteiger partial charge in [-0.1, -0.05) is 59.8 Å². The van der Waals surface area contributed by atoms with Gasteiger partial charge in [-0.15, -0.1) is 0 Å². The van der Waals surface area contributed by atoms with Gasteiger partial charge in [-0.05, 0) is 43.9 Å². The molecule has 0 saturated heterocycles. The van der Waals surface area contributed by atoms with Crippen molar-refractivity contribution in [3.05, 3.63) is 54.6 Å². The number of H-pyrrole nitrogens is 1. The molecule has 0 atom stereocenters. The number of ether oxygens (including phenoxy) is 2. The fourth-order valence-electron chi connectivity index (χ4n) is 5.83. The molecule has 8 nitrogen and oxygen atoms in total. The number of aromatic amines is 1. The van der Waals surface area contributed by atoms with Gasteiger partial charge in [0.1, 0.15) is 17.3 Å². The van der Waals surface area contributed by atoms with E-state index in [0.717, 1.165) is 59.5 Å². The molecule has 5 rings (SSSR count). The number of benzene rings is 1. The Kier molecular flexibility index (Phi) is 22.7. The van der Waals surface area contributed by atoms with E-state index in [1.165, 1.54) is 63.5 Å². The Hall–Kier alpha value is -2.19. The second kappa shape index (κ2) is 24.9. The third-order valence-corrected chi connectivity index (χ3v) is 8.30. The molecule has 0 amide bonds. The summed E-state index contributed by atoms with van der Waals surface area (Å²) < 4.78 is 10.8. The van der Waals surface area contributed by atoms with Crippen LogP contribution >= 0.6 is 0 Å². The zero-order chi connectivity index (χ0) is 32.9. The summed E-state index contributed by atoms with van der Waals surface area (Å²) in [6.45, 7) is 8.93. The molecule has 0 spiro atoms. The molecule has 1 aromatic carbocycles. The van der Waals surface area contributed by atoms with E-state index in [4.69, 9.17) is 14.6 Å². The average Bonchev–Trinajstić information content (AvgIpc) is 3.50. The standard InChI is InChI=1S/C23H29N4O2.C7H12O2.C5H11.C2H6.Y/c1-28-18-11-10-17(20(14-18)29-2)15-25-23-21-19(12-13-24-23)26-27-22(21)16-8-6-4-3-5-7-9-16;8-7(9)6-4-2-1-3-5-6;1-3-5-4-2;1-2;/h3,10-14,16H,4-9,15H2,1-2H3,(H,24,25)(H,26,27);6H,1-5H2,(H,8,9);5H,3-4H2,1-2H3;1-2H3;/q-1;;-1;;. The van der Waals surface area contributed by atoms with Gasteiger partial charge in [0, 0.05) is 68.7 Å². The quantitative estimate of drug-likeness (QED) is 0.190. The van der Waals surface area contributed by atoms with Crippen molar-refractivity contribution in [2.24, 2.45) is 5.92 Å². The van der Waals surface area contributed by atoms with Crippen LogP contribution in [0.25, 0.3) is 10.9 Å². The molecule has 3 aromatic rings. The zero-order valence-electron chi connectivity index (χ0n) is 29.2. The SMILES string of the molecule is CC.CC[CH-]CC.COc1ccc(CNc2nccc3n[nH]c(C4CCC[CH-]CCC4)c23)c(OC)c1.O=C(O)C1CCCCC1.[Y]. The zero-order valence-corrected chi connectivity index (χ0v) is 32.1. The molecule has 0 unspecified atom stereocenters. The van der Waals surface area contributed by atoms with E-state index in [1.807, 2.05) is 44.3 Å². The van der Waals surface area contributed by atoms with Gasteiger partial charge >= 0.3 is 5.97 Å². The molecule has 255 valence electrons. The number of hydrogen-bond acceptors (Lipinski definition) is 6. The molecular formula is C37H58N4O4Y-2. The van der Waals surface area contributed by atoms with Crippen LogP contribution in [0, 0.1) is 18.8 Å². The molecule has 46 heavy (non-hydrogen) atoms. The van der Waals surface area contributed by atoms with Crippen LogP contribution in [0.5, 0.6) is 11.5 Å². The first-order valence-electron chi connectivity index (χ1n) is 17.2.